The highest BCUT2D eigenvalue weighted by atomic mass is 19.3. The van der Waals surface area contributed by atoms with E-state index in [1.54, 1.807) is 19.2 Å². The molecular formula is C37H24F3N7O7. The van der Waals surface area contributed by atoms with E-state index in [-0.39, 0.29) is 34.1 Å². The standard InChI is InChI=1S/C25H16F2N6O4.C12H8FNO3/c1-33-23(34)17(12-29-24(33)32-14-5-3-2-4-6-14)18-8-7-15(11-28-18)35-22-16-9-20-21(37-25(26,27)36-20)10-19(16)30-13-31-22;13-8-3-1-7(2-4-8)9-5-14-6-10(11(9)15)12(16)17/h2-13H,1H3,(H,29,32);1-6H,(H,14,15)(H,16,17). The third kappa shape index (κ3) is 7.26. The molecule has 0 aliphatic carbocycles. The lowest BCUT2D eigenvalue weighted by Gasteiger charge is -2.11. The summed E-state index contributed by atoms with van der Waals surface area (Å²) in [4.78, 5) is 55.0. The number of anilines is 2. The first kappa shape index (κ1) is 34.9. The molecule has 0 fully saturated rings. The summed E-state index contributed by atoms with van der Waals surface area (Å²) in [7, 11) is 1.61. The molecule has 0 amide bonds. The monoisotopic (exact) mass is 735 g/mol. The average Bonchev–Trinajstić information content (AvgIpc) is 3.47. The van der Waals surface area contributed by atoms with Crippen molar-refractivity contribution in [1.82, 2.24) is 29.5 Å². The first-order valence-electron chi connectivity index (χ1n) is 15.7. The number of nitrogens with one attached hydrogen (secondary N) is 2. The van der Waals surface area contributed by atoms with Gasteiger partial charge in [0, 0.05) is 43.0 Å². The zero-order valence-electron chi connectivity index (χ0n) is 27.7. The number of carboxylic acid groups (broad SMARTS) is 1. The van der Waals surface area contributed by atoms with Gasteiger partial charge < -0.3 is 29.6 Å². The number of halogens is 3. The van der Waals surface area contributed by atoms with Crippen LogP contribution in [0, 0.1) is 5.82 Å². The van der Waals surface area contributed by atoms with E-state index in [2.05, 4.69) is 39.7 Å². The molecule has 1 aliphatic heterocycles. The minimum atomic E-state index is -3.75. The Morgan fingerprint density at radius 3 is 2.33 bits per heavy atom. The Hall–Kier alpha value is -7.56. The van der Waals surface area contributed by atoms with Crippen LogP contribution < -0.4 is 30.5 Å². The minimum Gasteiger partial charge on any atom is -0.477 e. The van der Waals surface area contributed by atoms with Crippen LogP contribution in [0.15, 0.2) is 120 Å². The molecule has 5 heterocycles. The number of fused-ring (bicyclic) bond motifs is 2. The smallest absolute Gasteiger partial charge is 0.477 e. The lowest BCUT2D eigenvalue weighted by Crippen LogP contribution is -2.25. The zero-order valence-corrected chi connectivity index (χ0v) is 27.7. The second-order valence-corrected chi connectivity index (χ2v) is 11.4. The molecule has 8 rings (SSSR count). The average molecular weight is 736 g/mol. The fourth-order valence-electron chi connectivity index (χ4n) is 5.24. The van der Waals surface area contributed by atoms with Crippen molar-refractivity contribution in [2.45, 2.75) is 6.29 Å². The number of aromatic nitrogens is 6. The van der Waals surface area contributed by atoms with E-state index < -0.39 is 23.5 Å². The van der Waals surface area contributed by atoms with Crippen LogP contribution in [0.25, 0.3) is 33.3 Å². The number of H-pyrrole nitrogens is 1. The van der Waals surface area contributed by atoms with Gasteiger partial charge in [-0.15, -0.1) is 8.78 Å². The molecule has 54 heavy (non-hydrogen) atoms. The summed E-state index contributed by atoms with van der Waals surface area (Å²) in [5.74, 6) is -1.20. The van der Waals surface area contributed by atoms with Crippen molar-refractivity contribution in [3.63, 3.8) is 0 Å². The number of carbonyl (C=O) groups is 1. The van der Waals surface area contributed by atoms with Crippen LogP contribution in [0.3, 0.4) is 0 Å². The number of hydrogen-bond acceptors (Lipinski definition) is 11. The summed E-state index contributed by atoms with van der Waals surface area (Å²) < 4.78 is 55.8. The van der Waals surface area contributed by atoms with Gasteiger partial charge in [-0.1, -0.05) is 30.3 Å². The van der Waals surface area contributed by atoms with Gasteiger partial charge in [-0.25, -0.2) is 24.1 Å². The topological polar surface area (TPSA) is 183 Å². The van der Waals surface area contributed by atoms with Crippen molar-refractivity contribution < 1.29 is 37.3 Å². The Morgan fingerprint density at radius 2 is 1.63 bits per heavy atom. The second kappa shape index (κ2) is 14.2. The van der Waals surface area contributed by atoms with Crippen LogP contribution in [0.2, 0.25) is 0 Å². The maximum atomic E-state index is 13.4. The molecule has 1 aliphatic rings. The molecule has 0 unspecified atom stereocenters. The van der Waals surface area contributed by atoms with E-state index in [0.29, 0.717) is 39.4 Å². The molecule has 7 aromatic rings. The second-order valence-electron chi connectivity index (χ2n) is 11.4. The van der Waals surface area contributed by atoms with Crippen LogP contribution >= 0.6 is 0 Å². The maximum Gasteiger partial charge on any atom is 0.586 e. The van der Waals surface area contributed by atoms with Crippen LogP contribution in [0.5, 0.6) is 23.1 Å². The molecular weight excluding hydrogens is 711 g/mol. The molecule has 17 heteroatoms. The number of nitrogens with zero attached hydrogens (tertiary/aromatic N) is 5. The number of alkyl halides is 2. The first-order valence-corrected chi connectivity index (χ1v) is 15.7. The highest BCUT2D eigenvalue weighted by Gasteiger charge is 2.43. The quantitative estimate of drug-likeness (QED) is 0.161. The van der Waals surface area contributed by atoms with Gasteiger partial charge >= 0.3 is 12.3 Å². The highest BCUT2D eigenvalue weighted by molar-refractivity contribution is 5.89. The number of ether oxygens (including phenoxy) is 3. The van der Waals surface area contributed by atoms with Gasteiger partial charge in [0.05, 0.1) is 28.4 Å². The van der Waals surface area contributed by atoms with E-state index in [0.717, 1.165) is 11.9 Å². The molecule has 0 atom stereocenters. The fourth-order valence-corrected chi connectivity index (χ4v) is 5.24. The highest BCUT2D eigenvalue weighted by Crippen LogP contribution is 2.44. The molecule has 0 saturated heterocycles. The van der Waals surface area contributed by atoms with Gasteiger partial charge in [-0.2, -0.15) is 0 Å². The summed E-state index contributed by atoms with van der Waals surface area (Å²) in [6, 6.07) is 20.5. The number of carboxylic acids is 1. The van der Waals surface area contributed by atoms with Crippen molar-refractivity contribution in [2.24, 2.45) is 7.05 Å². The number of para-hydroxylation sites is 1. The number of benzene rings is 3. The van der Waals surface area contributed by atoms with Crippen LogP contribution in [-0.2, 0) is 7.05 Å². The molecule has 3 N–H and O–H groups in total. The van der Waals surface area contributed by atoms with E-state index >= 15 is 0 Å². The van der Waals surface area contributed by atoms with Gasteiger partial charge in [0.15, 0.2) is 11.5 Å². The summed E-state index contributed by atoms with van der Waals surface area (Å²) in [5, 5.41) is 12.2. The first-order chi connectivity index (χ1) is 26.0. The number of pyridine rings is 2. The zero-order chi connectivity index (χ0) is 38.0. The van der Waals surface area contributed by atoms with E-state index in [9.17, 15) is 27.6 Å². The minimum absolute atomic E-state index is 0.107. The van der Waals surface area contributed by atoms with Crippen molar-refractivity contribution in [3.8, 4) is 45.5 Å². The summed E-state index contributed by atoms with van der Waals surface area (Å²) in [6.07, 6.45) is 2.86. The number of rotatable bonds is 7. The Bertz CT molecular complexity index is 2640. The molecule has 270 valence electrons. The fraction of sp³-hybridized carbons (Fsp3) is 0.0541. The number of hydrogen-bond donors (Lipinski definition) is 3. The largest absolute Gasteiger partial charge is 0.586 e. The normalized spacial score (nSPS) is 12.4. The molecule has 4 aromatic heterocycles. The predicted molar refractivity (Wildman–Crippen MR) is 188 cm³/mol. The van der Waals surface area contributed by atoms with E-state index in [1.165, 1.54) is 65.9 Å². The lowest BCUT2D eigenvalue weighted by molar-refractivity contribution is -0.286. The molecule has 14 nitrogen and oxygen atoms in total. The van der Waals surface area contributed by atoms with E-state index in [4.69, 9.17) is 9.84 Å². The third-order valence-corrected chi connectivity index (χ3v) is 7.88. The maximum absolute atomic E-state index is 13.4. The molecule has 0 radical (unpaired) electrons. The Morgan fingerprint density at radius 1 is 0.889 bits per heavy atom. The predicted octanol–water partition coefficient (Wildman–Crippen LogP) is 6.52. The van der Waals surface area contributed by atoms with Gasteiger partial charge in [0.25, 0.3) is 5.56 Å². The Labute approximate surface area is 301 Å². The molecule has 0 spiro atoms. The Balaban J connectivity index is 0.000000222. The van der Waals surface area contributed by atoms with Crippen molar-refractivity contribution in [2.75, 3.05) is 5.32 Å². The molecule has 3 aromatic carbocycles. The third-order valence-electron chi connectivity index (χ3n) is 7.88. The van der Waals surface area contributed by atoms with Crippen molar-refractivity contribution in [3.05, 3.63) is 142 Å². The van der Waals surface area contributed by atoms with Gasteiger partial charge in [-0.3, -0.25) is 19.1 Å². The number of aromatic carboxylic acids is 1. The van der Waals surface area contributed by atoms with Gasteiger partial charge in [0.1, 0.15) is 23.5 Å². The summed E-state index contributed by atoms with van der Waals surface area (Å²) in [6.45, 7) is 0. The summed E-state index contributed by atoms with van der Waals surface area (Å²) >= 11 is 0. The van der Waals surface area contributed by atoms with Crippen LogP contribution in [-0.4, -0.2) is 46.9 Å². The van der Waals surface area contributed by atoms with Gasteiger partial charge in [-0.05, 0) is 48.0 Å². The number of aromatic amines is 1. The lowest BCUT2D eigenvalue weighted by atomic mass is 10.1. The van der Waals surface area contributed by atoms with Crippen molar-refractivity contribution in [1.29, 1.82) is 0 Å². The van der Waals surface area contributed by atoms with Crippen LogP contribution in [0.1, 0.15) is 10.4 Å². The molecule has 0 saturated carbocycles. The van der Waals surface area contributed by atoms with E-state index in [1.807, 2.05) is 30.3 Å². The molecule has 0 bridgehead atoms. The summed E-state index contributed by atoms with van der Waals surface area (Å²) in [5.41, 5.74) is 1.26. The van der Waals surface area contributed by atoms with Crippen LogP contribution in [0.4, 0.5) is 24.8 Å². The van der Waals surface area contributed by atoms with Crippen molar-refractivity contribution >= 4 is 28.5 Å². The van der Waals surface area contributed by atoms with Gasteiger partial charge in [0.2, 0.25) is 17.3 Å². The Kier molecular flexibility index (Phi) is 9.18. The SMILES string of the molecule is Cn1c(Nc2ccccc2)ncc(-c2ccc(Oc3ncnc4cc5c(cc34)OC(F)(F)O5)cn2)c1=O.O=C(O)c1c[nH]cc(-c2ccc(F)cc2)c1=O.